The van der Waals surface area contributed by atoms with Crippen LogP contribution in [0.2, 0.25) is 0 Å². The molecule has 0 aromatic carbocycles. The number of nitrogens with one attached hydrogen (secondary N) is 1. The third kappa shape index (κ3) is 2.61. The number of carbonyl (C=O) groups is 1. The van der Waals surface area contributed by atoms with Gasteiger partial charge in [0.15, 0.2) is 0 Å². The zero-order valence-electron chi connectivity index (χ0n) is 11.3. The van der Waals surface area contributed by atoms with Crippen LogP contribution in [0.15, 0.2) is 41.4 Å². The Hall–Kier alpha value is -1.68. The van der Waals surface area contributed by atoms with Gasteiger partial charge in [-0.2, -0.15) is 11.3 Å². The van der Waals surface area contributed by atoms with Crippen LogP contribution in [0.5, 0.6) is 0 Å². The summed E-state index contributed by atoms with van der Waals surface area (Å²) in [5, 5.41) is 7.46. The number of aromatic nitrogens is 1. The smallest absolute Gasteiger partial charge is 0.251 e. The predicted octanol–water partition coefficient (Wildman–Crippen LogP) is 3.38. The van der Waals surface area contributed by atoms with Gasteiger partial charge in [0.2, 0.25) is 0 Å². The van der Waals surface area contributed by atoms with E-state index in [4.69, 9.17) is 0 Å². The third-order valence-electron chi connectivity index (χ3n) is 4.22. The zero-order valence-corrected chi connectivity index (χ0v) is 12.2. The standard InChI is InChI=1S/C16H18N2OS/c19-15(13-3-8-17-9-4-13)18-12-16(6-1-2-7-16)14-5-10-20-11-14/h3-5,8-11H,1-2,6-7,12H2,(H,18,19). The molecule has 0 aliphatic heterocycles. The summed E-state index contributed by atoms with van der Waals surface area (Å²) in [4.78, 5) is 16.1. The summed E-state index contributed by atoms with van der Waals surface area (Å²) in [5.41, 5.74) is 2.20. The van der Waals surface area contributed by atoms with Crippen LogP contribution in [0.4, 0.5) is 0 Å². The number of carbonyl (C=O) groups excluding carboxylic acids is 1. The van der Waals surface area contributed by atoms with E-state index in [1.807, 2.05) is 0 Å². The van der Waals surface area contributed by atoms with Gasteiger partial charge in [0.25, 0.3) is 5.91 Å². The highest BCUT2D eigenvalue weighted by molar-refractivity contribution is 7.08. The van der Waals surface area contributed by atoms with Gasteiger partial charge >= 0.3 is 0 Å². The lowest BCUT2D eigenvalue weighted by atomic mass is 9.80. The van der Waals surface area contributed by atoms with E-state index in [1.165, 1.54) is 31.2 Å². The molecule has 1 fully saturated rings. The Morgan fingerprint density at radius 2 is 2.00 bits per heavy atom. The lowest BCUT2D eigenvalue weighted by Gasteiger charge is -2.28. The number of thiophene rings is 1. The average Bonchev–Trinajstić information content (AvgIpc) is 3.17. The molecule has 0 spiro atoms. The summed E-state index contributed by atoms with van der Waals surface area (Å²) in [6.07, 6.45) is 8.14. The molecule has 2 aromatic heterocycles. The summed E-state index contributed by atoms with van der Waals surface area (Å²) in [6.45, 7) is 0.727. The van der Waals surface area contributed by atoms with Crippen LogP contribution < -0.4 is 5.32 Å². The minimum atomic E-state index is -0.00564. The van der Waals surface area contributed by atoms with Crippen molar-refractivity contribution in [2.75, 3.05) is 6.54 Å². The molecule has 3 rings (SSSR count). The van der Waals surface area contributed by atoms with Crippen molar-refractivity contribution in [3.63, 3.8) is 0 Å². The highest BCUT2D eigenvalue weighted by Gasteiger charge is 2.36. The first-order valence-corrected chi connectivity index (χ1v) is 7.95. The fourth-order valence-corrected chi connectivity index (χ4v) is 3.82. The molecule has 0 bridgehead atoms. The summed E-state index contributed by atoms with van der Waals surface area (Å²) in [5.74, 6) is -0.00564. The molecule has 3 nitrogen and oxygen atoms in total. The predicted molar refractivity (Wildman–Crippen MR) is 81.0 cm³/mol. The van der Waals surface area contributed by atoms with Gasteiger partial charge in [-0.25, -0.2) is 0 Å². The molecule has 2 heterocycles. The van der Waals surface area contributed by atoms with Crippen LogP contribution in [-0.2, 0) is 5.41 Å². The number of hydrogen-bond acceptors (Lipinski definition) is 3. The van der Waals surface area contributed by atoms with E-state index >= 15 is 0 Å². The van der Waals surface area contributed by atoms with Crippen LogP contribution in [0.25, 0.3) is 0 Å². The molecule has 1 aliphatic carbocycles. The van der Waals surface area contributed by atoms with E-state index in [0.29, 0.717) is 5.56 Å². The van der Waals surface area contributed by atoms with Gasteiger partial charge in [-0.05, 0) is 47.4 Å². The lowest BCUT2D eigenvalue weighted by molar-refractivity contribution is 0.0943. The van der Waals surface area contributed by atoms with Crippen molar-refractivity contribution < 1.29 is 4.79 Å². The molecule has 1 aliphatic rings. The molecule has 1 N–H and O–H groups in total. The summed E-state index contributed by atoms with van der Waals surface area (Å²) >= 11 is 1.73. The molecule has 20 heavy (non-hydrogen) atoms. The third-order valence-corrected chi connectivity index (χ3v) is 4.91. The maximum absolute atomic E-state index is 12.2. The van der Waals surface area contributed by atoms with Crippen LogP contribution >= 0.6 is 11.3 Å². The molecule has 2 aromatic rings. The highest BCUT2D eigenvalue weighted by atomic mass is 32.1. The number of nitrogens with zero attached hydrogens (tertiary/aromatic N) is 1. The second-order valence-electron chi connectivity index (χ2n) is 5.42. The van der Waals surface area contributed by atoms with Crippen LogP contribution in [-0.4, -0.2) is 17.4 Å². The van der Waals surface area contributed by atoms with E-state index in [-0.39, 0.29) is 11.3 Å². The second-order valence-corrected chi connectivity index (χ2v) is 6.20. The van der Waals surface area contributed by atoms with Crippen molar-refractivity contribution in [2.45, 2.75) is 31.1 Å². The van der Waals surface area contributed by atoms with Gasteiger partial charge in [0.05, 0.1) is 0 Å². The quantitative estimate of drug-likeness (QED) is 0.936. The molecule has 0 unspecified atom stereocenters. The summed E-state index contributed by atoms with van der Waals surface area (Å²) < 4.78 is 0. The van der Waals surface area contributed by atoms with E-state index in [0.717, 1.165) is 6.54 Å². The molecule has 0 saturated heterocycles. The Morgan fingerprint density at radius 1 is 1.25 bits per heavy atom. The van der Waals surface area contributed by atoms with Crippen molar-refractivity contribution in [3.05, 3.63) is 52.5 Å². The molecular weight excluding hydrogens is 268 g/mol. The molecule has 1 saturated carbocycles. The van der Waals surface area contributed by atoms with Crippen molar-refractivity contribution in [1.82, 2.24) is 10.3 Å². The van der Waals surface area contributed by atoms with Crippen LogP contribution in [0.3, 0.4) is 0 Å². The highest BCUT2D eigenvalue weighted by Crippen LogP contribution is 2.41. The Balaban J connectivity index is 1.71. The first kappa shape index (κ1) is 13.3. The topological polar surface area (TPSA) is 42.0 Å². The van der Waals surface area contributed by atoms with Gasteiger partial charge in [0.1, 0.15) is 0 Å². The fourth-order valence-electron chi connectivity index (χ4n) is 3.04. The zero-order chi connectivity index (χ0) is 13.8. The number of pyridine rings is 1. The van der Waals surface area contributed by atoms with E-state index in [2.05, 4.69) is 27.1 Å². The molecule has 1 amide bonds. The minimum Gasteiger partial charge on any atom is -0.351 e. The second kappa shape index (κ2) is 5.75. The van der Waals surface area contributed by atoms with Gasteiger partial charge < -0.3 is 5.32 Å². The van der Waals surface area contributed by atoms with Crippen molar-refractivity contribution >= 4 is 17.2 Å². The molecule has 0 atom stereocenters. The Kier molecular flexibility index (Phi) is 3.83. The van der Waals surface area contributed by atoms with Gasteiger partial charge in [-0.1, -0.05) is 12.8 Å². The number of rotatable bonds is 4. The maximum Gasteiger partial charge on any atom is 0.251 e. The van der Waals surface area contributed by atoms with Crippen molar-refractivity contribution in [3.8, 4) is 0 Å². The first-order valence-electron chi connectivity index (χ1n) is 7.01. The van der Waals surface area contributed by atoms with Crippen LogP contribution in [0.1, 0.15) is 41.6 Å². The normalized spacial score (nSPS) is 17.0. The molecule has 104 valence electrons. The summed E-state index contributed by atoms with van der Waals surface area (Å²) in [6, 6.07) is 5.71. The van der Waals surface area contributed by atoms with Crippen molar-refractivity contribution in [2.24, 2.45) is 0 Å². The fraction of sp³-hybridized carbons (Fsp3) is 0.375. The number of amides is 1. The Bertz CT molecular complexity index is 559. The average molecular weight is 286 g/mol. The molecule has 0 radical (unpaired) electrons. The Morgan fingerprint density at radius 3 is 2.65 bits per heavy atom. The van der Waals surface area contributed by atoms with Gasteiger partial charge in [-0.15, -0.1) is 0 Å². The first-order chi connectivity index (χ1) is 9.80. The van der Waals surface area contributed by atoms with E-state index in [1.54, 1.807) is 35.9 Å². The lowest BCUT2D eigenvalue weighted by Crippen LogP contribution is -2.38. The SMILES string of the molecule is O=C(NCC1(c2ccsc2)CCCC1)c1ccncc1. The molecule has 4 heteroatoms. The largest absolute Gasteiger partial charge is 0.351 e. The number of hydrogen-bond donors (Lipinski definition) is 1. The van der Waals surface area contributed by atoms with E-state index < -0.39 is 0 Å². The van der Waals surface area contributed by atoms with Crippen LogP contribution in [0, 0.1) is 0 Å². The Labute approximate surface area is 123 Å². The molecular formula is C16H18N2OS. The maximum atomic E-state index is 12.2. The van der Waals surface area contributed by atoms with Crippen molar-refractivity contribution in [1.29, 1.82) is 0 Å². The minimum absolute atomic E-state index is 0.00564. The van der Waals surface area contributed by atoms with Gasteiger partial charge in [0, 0.05) is 29.9 Å². The summed E-state index contributed by atoms with van der Waals surface area (Å²) in [7, 11) is 0. The monoisotopic (exact) mass is 286 g/mol. The van der Waals surface area contributed by atoms with Gasteiger partial charge in [-0.3, -0.25) is 9.78 Å². The van der Waals surface area contributed by atoms with E-state index in [9.17, 15) is 4.79 Å².